The molecular weight excluding hydrogens is 350 g/mol. The van der Waals surface area contributed by atoms with Crippen LogP contribution in [-0.2, 0) is 5.60 Å². The van der Waals surface area contributed by atoms with E-state index in [1.165, 1.54) is 0 Å². The second-order valence-corrected chi connectivity index (χ2v) is 7.15. The quantitative estimate of drug-likeness (QED) is 0.749. The Balaban J connectivity index is 1.52. The Morgan fingerprint density at radius 1 is 0.964 bits per heavy atom. The highest BCUT2D eigenvalue weighted by atomic mass is 16.5. The van der Waals surface area contributed by atoms with Crippen molar-refractivity contribution in [2.24, 2.45) is 0 Å². The zero-order valence-electron chi connectivity index (χ0n) is 15.8. The standard InChI is InChI=1S/C24H23NO3/c1-28-22-10-6-5-9-21(22)18-11-13-19(14-12-18)23(26)25-16-15-24(27,17-25)20-7-3-2-4-8-20/h2-14,27H,15-17H2,1H3. The Bertz CT molecular complexity index is 969. The molecule has 0 aliphatic carbocycles. The van der Waals surface area contributed by atoms with E-state index in [0.29, 0.717) is 25.1 Å². The van der Waals surface area contributed by atoms with E-state index in [0.717, 1.165) is 22.4 Å². The van der Waals surface area contributed by atoms with Gasteiger partial charge in [-0.25, -0.2) is 0 Å². The summed E-state index contributed by atoms with van der Waals surface area (Å²) in [5.41, 5.74) is 2.49. The van der Waals surface area contributed by atoms with Crippen molar-refractivity contribution in [2.75, 3.05) is 20.2 Å². The second-order valence-electron chi connectivity index (χ2n) is 7.15. The van der Waals surface area contributed by atoms with E-state index in [9.17, 15) is 9.90 Å². The average Bonchev–Trinajstić information content (AvgIpc) is 3.17. The largest absolute Gasteiger partial charge is 0.496 e. The van der Waals surface area contributed by atoms with Crippen LogP contribution in [0.5, 0.6) is 5.75 Å². The number of carbonyl (C=O) groups is 1. The summed E-state index contributed by atoms with van der Waals surface area (Å²) in [5.74, 6) is 0.743. The number of para-hydroxylation sites is 1. The van der Waals surface area contributed by atoms with Gasteiger partial charge in [-0.3, -0.25) is 4.79 Å². The van der Waals surface area contributed by atoms with Crippen LogP contribution in [0.2, 0.25) is 0 Å². The molecule has 142 valence electrons. The molecule has 4 rings (SSSR count). The van der Waals surface area contributed by atoms with Gasteiger partial charge in [-0.15, -0.1) is 0 Å². The summed E-state index contributed by atoms with van der Waals surface area (Å²) in [4.78, 5) is 14.7. The highest BCUT2D eigenvalue weighted by Crippen LogP contribution is 2.33. The van der Waals surface area contributed by atoms with E-state index in [-0.39, 0.29) is 5.91 Å². The number of nitrogens with zero attached hydrogens (tertiary/aromatic N) is 1. The monoisotopic (exact) mass is 373 g/mol. The van der Waals surface area contributed by atoms with Gasteiger partial charge in [0, 0.05) is 17.7 Å². The van der Waals surface area contributed by atoms with Crippen LogP contribution in [0.1, 0.15) is 22.3 Å². The van der Waals surface area contributed by atoms with Gasteiger partial charge in [0.2, 0.25) is 0 Å². The van der Waals surface area contributed by atoms with Gasteiger partial charge in [0.25, 0.3) is 5.91 Å². The minimum Gasteiger partial charge on any atom is -0.496 e. The summed E-state index contributed by atoms with van der Waals surface area (Å²) in [6.07, 6.45) is 0.544. The van der Waals surface area contributed by atoms with Gasteiger partial charge in [0.1, 0.15) is 11.4 Å². The third kappa shape index (κ3) is 3.39. The number of methoxy groups -OCH3 is 1. The molecule has 1 saturated heterocycles. The molecule has 1 N–H and O–H groups in total. The fourth-order valence-electron chi connectivity index (χ4n) is 3.81. The van der Waals surface area contributed by atoms with Crippen LogP contribution in [0.15, 0.2) is 78.9 Å². The molecule has 1 amide bonds. The summed E-state index contributed by atoms with van der Waals surface area (Å²) in [5, 5.41) is 11.0. The van der Waals surface area contributed by atoms with E-state index in [2.05, 4.69) is 0 Å². The molecule has 4 heteroatoms. The number of aliphatic hydroxyl groups is 1. The average molecular weight is 373 g/mol. The van der Waals surface area contributed by atoms with Crippen molar-refractivity contribution in [1.29, 1.82) is 0 Å². The highest BCUT2D eigenvalue weighted by Gasteiger charge is 2.39. The van der Waals surface area contributed by atoms with Crippen molar-refractivity contribution in [1.82, 2.24) is 4.90 Å². The Morgan fingerprint density at radius 2 is 1.64 bits per heavy atom. The first-order valence-corrected chi connectivity index (χ1v) is 9.41. The number of amides is 1. The smallest absolute Gasteiger partial charge is 0.253 e. The van der Waals surface area contributed by atoms with Crippen molar-refractivity contribution in [3.63, 3.8) is 0 Å². The molecule has 1 heterocycles. The lowest BCUT2D eigenvalue weighted by Crippen LogP contribution is -2.34. The minimum absolute atomic E-state index is 0.0570. The van der Waals surface area contributed by atoms with Crippen LogP contribution in [0.25, 0.3) is 11.1 Å². The van der Waals surface area contributed by atoms with E-state index >= 15 is 0 Å². The molecule has 1 fully saturated rings. The summed E-state index contributed by atoms with van der Waals surface area (Å²) in [6, 6.07) is 24.9. The van der Waals surface area contributed by atoms with E-state index < -0.39 is 5.60 Å². The van der Waals surface area contributed by atoms with Gasteiger partial charge < -0.3 is 14.7 Å². The molecule has 4 nitrogen and oxygen atoms in total. The van der Waals surface area contributed by atoms with Gasteiger partial charge in [-0.2, -0.15) is 0 Å². The SMILES string of the molecule is COc1ccccc1-c1ccc(C(=O)N2CCC(O)(c3ccccc3)C2)cc1. The molecule has 1 aliphatic rings. The fourth-order valence-corrected chi connectivity index (χ4v) is 3.81. The number of β-amino-alcohol motifs (C(OH)–C–C–N with tert-alkyl or cyclic N) is 1. The number of carbonyl (C=O) groups excluding carboxylic acids is 1. The molecule has 1 aliphatic heterocycles. The molecule has 3 aromatic carbocycles. The fraction of sp³-hybridized carbons (Fsp3) is 0.208. The van der Waals surface area contributed by atoms with Crippen molar-refractivity contribution in [3.05, 3.63) is 90.0 Å². The zero-order valence-corrected chi connectivity index (χ0v) is 15.8. The highest BCUT2D eigenvalue weighted by molar-refractivity contribution is 5.95. The third-order valence-electron chi connectivity index (χ3n) is 5.40. The number of hydrogen-bond acceptors (Lipinski definition) is 3. The van der Waals surface area contributed by atoms with E-state index in [1.54, 1.807) is 12.0 Å². The molecule has 0 radical (unpaired) electrons. The first kappa shape index (κ1) is 18.3. The van der Waals surface area contributed by atoms with Crippen molar-refractivity contribution in [3.8, 4) is 16.9 Å². The maximum absolute atomic E-state index is 12.9. The number of rotatable bonds is 4. The number of likely N-dealkylation sites (tertiary alicyclic amines) is 1. The van der Waals surface area contributed by atoms with Gasteiger partial charge in [-0.1, -0.05) is 60.7 Å². The summed E-state index contributed by atoms with van der Waals surface area (Å²) in [6.45, 7) is 0.850. The maximum Gasteiger partial charge on any atom is 0.253 e. The molecule has 3 aromatic rings. The lowest BCUT2D eigenvalue weighted by Gasteiger charge is -2.24. The lowest BCUT2D eigenvalue weighted by molar-refractivity contribution is 0.0417. The van der Waals surface area contributed by atoms with Gasteiger partial charge >= 0.3 is 0 Å². The van der Waals surface area contributed by atoms with Crippen LogP contribution < -0.4 is 4.74 Å². The zero-order chi connectivity index (χ0) is 19.6. The molecule has 0 bridgehead atoms. The lowest BCUT2D eigenvalue weighted by atomic mass is 9.93. The van der Waals surface area contributed by atoms with Crippen LogP contribution in [0.3, 0.4) is 0 Å². The van der Waals surface area contributed by atoms with E-state index in [1.807, 2.05) is 78.9 Å². The molecule has 0 saturated carbocycles. The number of ether oxygens (including phenoxy) is 1. The Morgan fingerprint density at radius 3 is 2.36 bits per heavy atom. The molecule has 28 heavy (non-hydrogen) atoms. The van der Waals surface area contributed by atoms with Crippen LogP contribution in [0, 0.1) is 0 Å². The van der Waals surface area contributed by atoms with Crippen molar-refractivity contribution < 1.29 is 14.6 Å². The Kier molecular flexibility index (Phi) is 4.88. The third-order valence-corrected chi connectivity index (χ3v) is 5.40. The van der Waals surface area contributed by atoms with Gasteiger partial charge in [0.05, 0.1) is 13.7 Å². The maximum atomic E-state index is 12.9. The number of hydrogen-bond donors (Lipinski definition) is 1. The van der Waals surface area contributed by atoms with Crippen molar-refractivity contribution >= 4 is 5.91 Å². The minimum atomic E-state index is -0.978. The summed E-state index contributed by atoms with van der Waals surface area (Å²) in [7, 11) is 1.65. The van der Waals surface area contributed by atoms with E-state index in [4.69, 9.17) is 4.74 Å². The Hall–Kier alpha value is -3.11. The normalized spacial score (nSPS) is 18.9. The second kappa shape index (κ2) is 7.49. The Labute approximate surface area is 165 Å². The first-order chi connectivity index (χ1) is 13.6. The summed E-state index contributed by atoms with van der Waals surface area (Å²) < 4.78 is 5.42. The van der Waals surface area contributed by atoms with Gasteiger partial charge in [-0.05, 0) is 35.7 Å². The number of benzene rings is 3. The molecule has 1 atom stereocenters. The predicted molar refractivity (Wildman–Crippen MR) is 109 cm³/mol. The van der Waals surface area contributed by atoms with Crippen LogP contribution in [-0.4, -0.2) is 36.1 Å². The van der Waals surface area contributed by atoms with Crippen LogP contribution in [0.4, 0.5) is 0 Å². The van der Waals surface area contributed by atoms with Gasteiger partial charge in [0.15, 0.2) is 0 Å². The summed E-state index contributed by atoms with van der Waals surface area (Å²) >= 11 is 0. The predicted octanol–water partition coefficient (Wildman–Crippen LogP) is 4.10. The van der Waals surface area contributed by atoms with Crippen molar-refractivity contribution in [2.45, 2.75) is 12.0 Å². The first-order valence-electron chi connectivity index (χ1n) is 9.41. The molecule has 0 spiro atoms. The molecular formula is C24H23NO3. The molecule has 1 unspecified atom stereocenters. The molecule has 0 aromatic heterocycles. The van der Waals surface area contributed by atoms with Crippen LogP contribution >= 0.6 is 0 Å². The topological polar surface area (TPSA) is 49.8 Å².